The van der Waals surface area contributed by atoms with Gasteiger partial charge in [-0.25, -0.2) is 0 Å². The average Bonchev–Trinajstić information content (AvgIpc) is 2.58. The summed E-state index contributed by atoms with van der Waals surface area (Å²) in [7, 11) is 1.54. The molecule has 6 heteroatoms. The molecule has 0 atom stereocenters. The minimum absolute atomic E-state index is 0.0133. The Labute approximate surface area is 130 Å². The lowest BCUT2D eigenvalue weighted by molar-refractivity contribution is -0.121. The number of morpholine rings is 1. The first-order chi connectivity index (χ1) is 10.7. The Bertz CT molecular complexity index is 495. The first-order valence-corrected chi connectivity index (χ1v) is 7.42. The van der Waals surface area contributed by atoms with E-state index in [-0.39, 0.29) is 24.7 Å². The summed E-state index contributed by atoms with van der Waals surface area (Å²) in [6.45, 7) is 3.56. The van der Waals surface area contributed by atoms with Gasteiger partial charge < -0.3 is 19.7 Å². The van der Waals surface area contributed by atoms with Gasteiger partial charge in [0, 0.05) is 37.9 Å². The second kappa shape index (κ2) is 8.51. The lowest BCUT2D eigenvalue weighted by Crippen LogP contribution is -2.36. The summed E-state index contributed by atoms with van der Waals surface area (Å²) in [5.74, 6) is -0.278. The standard InChI is InChI=1S/C16H22N2O4/c1-21-9-6-16(20)17-12-15(19)13-2-4-14(5-3-13)18-7-10-22-11-8-18/h2-5H,6-12H2,1H3,(H,17,20). The molecule has 0 spiro atoms. The molecule has 1 fully saturated rings. The molecule has 0 bridgehead atoms. The van der Waals surface area contributed by atoms with E-state index in [9.17, 15) is 9.59 Å². The normalized spacial score (nSPS) is 14.7. The van der Waals surface area contributed by atoms with Crippen molar-refractivity contribution in [1.82, 2.24) is 5.32 Å². The van der Waals surface area contributed by atoms with Crippen molar-refractivity contribution in [2.75, 3.05) is 51.5 Å². The van der Waals surface area contributed by atoms with Crippen molar-refractivity contribution >= 4 is 17.4 Å². The van der Waals surface area contributed by atoms with E-state index < -0.39 is 0 Å². The number of nitrogens with one attached hydrogen (secondary N) is 1. The summed E-state index contributed by atoms with van der Waals surface area (Å²) in [6, 6.07) is 7.47. The number of carbonyl (C=O) groups excluding carboxylic acids is 2. The van der Waals surface area contributed by atoms with E-state index in [4.69, 9.17) is 9.47 Å². The minimum atomic E-state index is -0.180. The molecule has 1 aromatic carbocycles. The van der Waals surface area contributed by atoms with Crippen LogP contribution in [0.5, 0.6) is 0 Å². The number of ketones is 1. The van der Waals surface area contributed by atoms with Crippen LogP contribution in [0, 0.1) is 0 Å². The quantitative estimate of drug-likeness (QED) is 0.757. The van der Waals surface area contributed by atoms with E-state index >= 15 is 0 Å². The summed E-state index contributed by atoms with van der Waals surface area (Å²) in [4.78, 5) is 25.7. The largest absolute Gasteiger partial charge is 0.384 e. The minimum Gasteiger partial charge on any atom is -0.384 e. The highest BCUT2D eigenvalue weighted by Crippen LogP contribution is 2.16. The van der Waals surface area contributed by atoms with E-state index in [0.29, 0.717) is 12.2 Å². The van der Waals surface area contributed by atoms with Crippen LogP contribution < -0.4 is 10.2 Å². The van der Waals surface area contributed by atoms with Gasteiger partial charge in [-0.1, -0.05) is 0 Å². The molecule has 120 valence electrons. The molecule has 0 aromatic heterocycles. The molecular weight excluding hydrogens is 284 g/mol. The number of hydrogen-bond donors (Lipinski definition) is 1. The van der Waals surface area contributed by atoms with Gasteiger partial charge >= 0.3 is 0 Å². The number of Topliss-reactive ketones (excluding diaryl/α,β-unsaturated/α-hetero) is 1. The van der Waals surface area contributed by atoms with Crippen molar-refractivity contribution < 1.29 is 19.1 Å². The third-order valence-electron chi connectivity index (χ3n) is 3.54. The van der Waals surface area contributed by atoms with Crippen LogP contribution in [-0.2, 0) is 14.3 Å². The molecule has 1 heterocycles. The van der Waals surface area contributed by atoms with E-state index in [1.54, 1.807) is 12.1 Å². The number of carbonyl (C=O) groups is 2. The summed E-state index contributed by atoms with van der Waals surface area (Å²) >= 11 is 0. The highest BCUT2D eigenvalue weighted by molar-refractivity contribution is 5.99. The number of amides is 1. The molecule has 0 aliphatic carbocycles. The lowest BCUT2D eigenvalue weighted by atomic mass is 10.1. The van der Waals surface area contributed by atoms with Crippen LogP contribution in [0.25, 0.3) is 0 Å². The Kier molecular flexibility index (Phi) is 6.36. The predicted octanol–water partition coefficient (Wildman–Crippen LogP) is 0.859. The van der Waals surface area contributed by atoms with Crippen molar-refractivity contribution in [3.63, 3.8) is 0 Å². The molecule has 22 heavy (non-hydrogen) atoms. The van der Waals surface area contributed by atoms with Crippen LogP contribution >= 0.6 is 0 Å². The Morgan fingerprint density at radius 3 is 2.55 bits per heavy atom. The van der Waals surface area contributed by atoms with Gasteiger partial charge in [0.25, 0.3) is 0 Å². The fourth-order valence-corrected chi connectivity index (χ4v) is 2.24. The average molecular weight is 306 g/mol. The smallest absolute Gasteiger partial charge is 0.222 e. The topological polar surface area (TPSA) is 67.9 Å². The Balaban J connectivity index is 1.84. The van der Waals surface area contributed by atoms with Gasteiger partial charge in [-0.05, 0) is 24.3 Å². The fraction of sp³-hybridized carbons (Fsp3) is 0.500. The zero-order valence-electron chi connectivity index (χ0n) is 12.8. The maximum Gasteiger partial charge on any atom is 0.222 e. The van der Waals surface area contributed by atoms with Gasteiger partial charge in [-0.3, -0.25) is 9.59 Å². The number of hydrogen-bond acceptors (Lipinski definition) is 5. The maximum absolute atomic E-state index is 12.0. The molecule has 1 saturated heterocycles. The van der Waals surface area contributed by atoms with Crippen LogP contribution in [0.15, 0.2) is 24.3 Å². The number of rotatable bonds is 7. The van der Waals surface area contributed by atoms with Crippen LogP contribution in [0.4, 0.5) is 5.69 Å². The van der Waals surface area contributed by atoms with Gasteiger partial charge in [-0.2, -0.15) is 0 Å². The van der Waals surface area contributed by atoms with E-state index in [1.165, 1.54) is 7.11 Å². The lowest BCUT2D eigenvalue weighted by Gasteiger charge is -2.28. The molecule has 6 nitrogen and oxygen atoms in total. The van der Waals surface area contributed by atoms with Crippen molar-refractivity contribution in [3.05, 3.63) is 29.8 Å². The molecule has 0 radical (unpaired) electrons. The van der Waals surface area contributed by atoms with Gasteiger partial charge in [-0.15, -0.1) is 0 Å². The Hall–Kier alpha value is -1.92. The van der Waals surface area contributed by atoms with E-state index in [1.807, 2.05) is 12.1 Å². The fourth-order valence-electron chi connectivity index (χ4n) is 2.24. The first kappa shape index (κ1) is 16.5. The predicted molar refractivity (Wildman–Crippen MR) is 83.3 cm³/mol. The molecular formula is C16H22N2O4. The summed E-state index contributed by atoms with van der Waals surface area (Å²) in [5.41, 5.74) is 1.69. The van der Waals surface area contributed by atoms with Gasteiger partial charge in [0.1, 0.15) is 0 Å². The molecule has 1 aliphatic rings. The van der Waals surface area contributed by atoms with Crippen molar-refractivity contribution in [1.29, 1.82) is 0 Å². The van der Waals surface area contributed by atoms with Gasteiger partial charge in [0.05, 0.1) is 26.4 Å². The maximum atomic E-state index is 12.0. The zero-order valence-corrected chi connectivity index (χ0v) is 12.8. The van der Waals surface area contributed by atoms with Crippen LogP contribution in [0.1, 0.15) is 16.8 Å². The van der Waals surface area contributed by atoms with Gasteiger partial charge in [0.2, 0.25) is 5.91 Å². The molecule has 1 aromatic rings. The van der Waals surface area contributed by atoms with Crippen LogP contribution in [-0.4, -0.2) is 58.3 Å². The van der Waals surface area contributed by atoms with E-state index in [0.717, 1.165) is 32.0 Å². The highest BCUT2D eigenvalue weighted by atomic mass is 16.5. The molecule has 1 amide bonds. The molecule has 1 aliphatic heterocycles. The Morgan fingerprint density at radius 2 is 1.91 bits per heavy atom. The van der Waals surface area contributed by atoms with Crippen LogP contribution in [0.3, 0.4) is 0 Å². The van der Waals surface area contributed by atoms with Gasteiger partial charge in [0.15, 0.2) is 5.78 Å². The van der Waals surface area contributed by atoms with Crippen LogP contribution in [0.2, 0.25) is 0 Å². The SMILES string of the molecule is COCCC(=O)NCC(=O)c1ccc(N2CCOCC2)cc1. The van der Waals surface area contributed by atoms with Crippen molar-refractivity contribution in [2.24, 2.45) is 0 Å². The molecule has 1 N–H and O–H groups in total. The first-order valence-electron chi connectivity index (χ1n) is 7.42. The zero-order chi connectivity index (χ0) is 15.8. The van der Waals surface area contributed by atoms with Crippen molar-refractivity contribution in [2.45, 2.75) is 6.42 Å². The Morgan fingerprint density at radius 1 is 1.23 bits per heavy atom. The number of anilines is 1. The second-order valence-corrected chi connectivity index (χ2v) is 5.09. The number of benzene rings is 1. The molecule has 2 rings (SSSR count). The third-order valence-corrected chi connectivity index (χ3v) is 3.54. The second-order valence-electron chi connectivity index (χ2n) is 5.09. The van der Waals surface area contributed by atoms with Crippen molar-refractivity contribution in [3.8, 4) is 0 Å². The summed E-state index contributed by atoms with van der Waals surface area (Å²) in [5, 5.41) is 2.60. The number of nitrogens with zero attached hydrogens (tertiary/aromatic N) is 1. The number of ether oxygens (including phenoxy) is 2. The summed E-state index contributed by atoms with van der Waals surface area (Å²) < 4.78 is 10.1. The number of methoxy groups -OCH3 is 1. The summed E-state index contributed by atoms with van der Waals surface area (Å²) in [6.07, 6.45) is 0.264. The molecule has 0 unspecified atom stereocenters. The highest BCUT2D eigenvalue weighted by Gasteiger charge is 2.12. The van der Waals surface area contributed by atoms with E-state index in [2.05, 4.69) is 10.2 Å². The third kappa shape index (κ3) is 4.82. The monoisotopic (exact) mass is 306 g/mol. The molecule has 0 saturated carbocycles.